The SMILES string of the molecule is C=CCOOc1ccc(C(=Cc2ccc(N(c3ccc(C)cc3)c3ccc(C)cc3)cc2)c2ccc(C=C)cc2)cc1. The van der Waals surface area contributed by atoms with Gasteiger partial charge in [0.15, 0.2) is 5.75 Å². The van der Waals surface area contributed by atoms with E-state index in [0.717, 1.165) is 44.9 Å². The monoisotopic (exact) mass is 549 g/mol. The van der Waals surface area contributed by atoms with Gasteiger partial charge in [0, 0.05) is 17.1 Å². The van der Waals surface area contributed by atoms with Gasteiger partial charge in [-0.25, -0.2) is 0 Å². The summed E-state index contributed by atoms with van der Waals surface area (Å²) in [5, 5.41) is 0. The fraction of sp³-hybridized carbons (Fsp3) is 0.0769. The lowest BCUT2D eigenvalue weighted by Gasteiger charge is -2.26. The van der Waals surface area contributed by atoms with E-state index in [1.807, 2.05) is 30.3 Å². The van der Waals surface area contributed by atoms with Crippen LogP contribution in [0.2, 0.25) is 0 Å². The van der Waals surface area contributed by atoms with Gasteiger partial charge in [0.1, 0.15) is 6.61 Å². The number of hydrogen-bond donors (Lipinski definition) is 0. The summed E-state index contributed by atoms with van der Waals surface area (Å²) in [6.07, 6.45) is 5.72. The van der Waals surface area contributed by atoms with E-state index in [1.165, 1.54) is 11.1 Å². The van der Waals surface area contributed by atoms with E-state index in [0.29, 0.717) is 12.4 Å². The first-order valence-corrected chi connectivity index (χ1v) is 14.0. The Morgan fingerprint density at radius 2 is 1.05 bits per heavy atom. The molecule has 5 rings (SSSR count). The van der Waals surface area contributed by atoms with Crippen molar-refractivity contribution >= 4 is 34.8 Å². The third kappa shape index (κ3) is 6.95. The smallest absolute Gasteiger partial charge is 0.165 e. The second-order valence-electron chi connectivity index (χ2n) is 10.2. The molecule has 0 aliphatic heterocycles. The van der Waals surface area contributed by atoms with E-state index in [4.69, 9.17) is 9.78 Å². The Morgan fingerprint density at radius 3 is 1.52 bits per heavy atom. The zero-order chi connectivity index (χ0) is 29.3. The molecule has 0 saturated heterocycles. The second kappa shape index (κ2) is 13.5. The van der Waals surface area contributed by atoms with Gasteiger partial charge in [-0.2, -0.15) is 4.89 Å². The Bertz CT molecular complexity index is 1600. The molecule has 0 heterocycles. The average molecular weight is 550 g/mol. The first kappa shape index (κ1) is 28.4. The molecule has 0 saturated carbocycles. The molecule has 3 heteroatoms. The largest absolute Gasteiger partial charge is 0.337 e. The molecule has 0 amide bonds. The Morgan fingerprint density at radius 1 is 0.595 bits per heavy atom. The van der Waals surface area contributed by atoms with Crippen LogP contribution in [0.5, 0.6) is 5.75 Å². The Labute approximate surface area is 249 Å². The lowest BCUT2D eigenvalue weighted by molar-refractivity contribution is -0.195. The van der Waals surface area contributed by atoms with Crippen molar-refractivity contribution in [1.82, 2.24) is 0 Å². The van der Waals surface area contributed by atoms with Gasteiger partial charge < -0.3 is 9.79 Å². The summed E-state index contributed by atoms with van der Waals surface area (Å²) in [4.78, 5) is 12.8. The third-order valence-corrected chi connectivity index (χ3v) is 7.01. The van der Waals surface area contributed by atoms with Crippen molar-refractivity contribution < 1.29 is 9.78 Å². The third-order valence-electron chi connectivity index (χ3n) is 7.01. The van der Waals surface area contributed by atoms with Crippen LogP contribution in [-0.2, 0) is 4.89 Å². The standard InChI is InChI=1S/C39H35NO2/c1-5-27-41-42-38-25-17-34(18-26-38)39(33-15-11-31(6-2)12-16-33)28-32-13-23-37(24-14-32)40(35-19-7-29(3)8-20-35)36-21-9-30(4)10-22-36/h5-26,28H,1-2,27H2,3-4H3. The van der Waals surface area contributed by atoms with E-state index in [-0.39, 0.29) is 0 Å². The molecular formula is C39H35NO2. The quantitative estimate of drug-likeness (QED) is 0.0538. The summed E-state index contributed by atoms with van der Waals surface area (Å²) < 4.78 is 0. The van der Waals surface area contributed by atoms with Crippen molar-refractivity contribution in [2.24, 2.45) is 0 Å². The summed E-state index contributed by atoms with van der Waals surface area (Å²) in [5.41, 5.74) is 11.3. The molecular weight excluding hydrogens is 514 g/mol. The summed E-state index contributed by atoms with van der Waals surface area (Å²) in [6.45, 7) is 12.1. The van der Waals surface area contributed by atoms with Crippen LogP contribution in [0.3, 0.4) is 0 Å². The molecule has 0 radical (unpaired) electrons. The van der Waals surface area contributed by atoms with Crippen molar-refractivity contribution in [3.8, 4) is 5.75 Å². The molecule has 5 aromatic carbocycles. The molecule has 0 spiro atoms. The fourth-order valence-electron chi connectivity index (χ4n) is 4.69. The maximum atomic E-state index is 5.35. The highest BCUT2D eigenvalue weighted by molar-refractivity contribution is 5.92. The van der Waals surface area contributed by atoms with Crippen LogP contribution in [0.1, 0.15) is 33.4 Å². The fourth-order valence-corrected chi connectivity index (χ4v) is 4.69. The minimum atomic E-state index is 0.323. The van der Waals surface area contributed by atoms with Gasteiger partial charge in [-0.1, -0.05) is 103 Å². The minimum absolute atomic E-state index is 0.323. The maximum absolute atomic E-state index is 5.35. The maximum Gasteiger partial charge on any atom is 0.165 e. The van der Waals surface area contributed by atoms with Crippen LogP contribution in [0.4, 0.5) is 17.1 Å². The van der Waals surface area contributed by atoms with Crippen LogP contribution >= 0.6 is 0 Å². The van der Waals surface area contributed by atoms with E-state index in [2.05, 4.69) is 135 Å². The summed E-state index contributed by atoms with van der Waals surface area (Å²) in [6, 6.07) is 42.3. The van der Waals surface area contributed by atoms with Gasteiger partial charge in [0.05, 0.1) is 0 Å². The van der Waals surface area contributed by atoms with E-state index in [9.17, 15) is 0 Å². The summed E-state index contributed by atoms with van der Waals surface area (Å²) >= 11 is 0. The predicted molar refractivity (Wildman–Crippen MR) is 177 cm³/mol. The number of hydrogen-bond acceptors (Lipinski definition) is 3. The Balaban J connectivity index is 1.51. The molecule has 0 fully saturated rings. The van der Waals surface area contributed by atoms with Gasteiger partial charge in [0.25, 0.3) is 0 Å². The van der Waals surface area contributed by atoms with Crippen molar-refractivity contribution in [2.45, 2.75) is 13.8 Å². The topological polar surface area (TPSA) is 21.7 Å². The number of anilines is 3. The Kier molecular flexibility index (Phi) is 9.13. The molecule has 42 heavy (non-hydrogen) atoms. The van der Waals surface area contributed by atoms with Crippen molar-refractivity contribution in [3.05, 3.63) is 174 Å². The summed E-state index contributed by atoms with van der Waals surface area (Å²) in [5.74, 6) is 0.638. The predicted octanol–water partition coefficient (Wildman–Crippen LogP) is 10.5. The highest BCUT2D eigenvalue weighted by Crippen LogP contribution is 2.35. The number of rotatable bonds is 11. The molecule has 0 atom stereocenters. The summed E-state index contributed by atoms with van der Waals surface area (Å²) in [7, 11) is 0. The highest BCUT2D eigenvalue weighted by atomic mass is 17.2. The van der Waals surface area contributed by atoms with E-state index in [1.54, 1.807) is 6.08 Å². The molecule has 0 aliphatic carbocycles. The van der Waals surface area contributed by atoms with Gasteiger partial charge in [-0.3, -0.25) is 0 Å². The normalized spacial score (nSPS) is 11.1. The first-order chi connectivity index (χ1) is 20.5. The number of aryl methyl sites for hydroxylation is 2. The second-order valence-corrected chi connectivity index (χ2v) is 10.2. The van der Waals surface area contributed by atoms with Crippen LogP contribution in [0.15, 0.2) is 141 Å². The van der Waals surface area contributed by atoms with Crippen molar-refractivity contribution in [3.63, 3.8) is 0 Å². The lowest BCUT2D eigenvalue weighted by atomic mass is 9.94. The van der Waals surface area contributed by atoms with Gasteiger partial charge in [-0.05, 0) is 96.3 Å². The zero-order valence-corrected chi connectivity index (χ0v) is 24.2. The average Bonchev–Trinajstić information content (AvgIpc) is 3.03. The van der Waals surface area contributed by atoms with Crippen LogP contribution < -0.4 is 9.79 Å². The van der Waals surface area contributed by atoms with E-state index >= 15 is 0 Å². The van der Waals surface area contributed by atoms with Crippen LogP contribution in [0.25, 0.3) is 17.7 Å². The van der Waals surface area contributed by atoms with Crippen molar-refractivity contribution in [2.75, 3.05) is 11.5 Å². The minimum Gasteiger partial charge on any atom is -0.337 e. The molecule has 208 valence electrons. The molecule has 0 aliphatic rings. The molecule has 0 unspecified atom stereocenters. The van der Waals surface area contributed by atoms with Gasteiger partial charge in [0.2, 0.25) is 0 Å². The lowest BCUT2D eigenvalue weighted by Crippen LogP contribution is -2.09. The first-order valence-electron chi connectivity index (χ1n) is 14.0. The Hall–Kier alpha value is -5.12. The number of nitrogens with zero attached hydrogens (tertiary/aromatic N) is 1. The molecule has 0 bridgehead atoms. The van der Waals surface area contributed by atoms with Crippen LogP contribution in [-0.4, -0.2) is 6.61 Å². The number of benzene rings is 5. The molecule has 0 aromatic heterocycles. The van der Waals surface area contributed by atoms with Crippen molar-refractivity contribution in [1.29, 1.82) is 0 Å². The van der Waals surface area contributed by atoms with Gasteiger partial charge in [-0.15, -0.1) is 6.58 Å². The van der Waals surface area contributed by atoms with Gasteiger partial charge >= 0.3 is 0 Å². The van der Waals surface area contributed by atoms with Crippen LogP contribution in [0, 0.1) is 13.8 Å². The zero-order valence-electron chi connectivity index (χ0n) is 24.2. The van der Waals surface area contributed by atoms with E-state index < -0.39 is 0 Å². The highest BCUT2D eigenvalue weighted by Gasteiger charge is 2.13. The molecule has 0 N–H and O–H groups in total. The molecule has 3 nitrogen and oxygen atoms in total. The molecule has 5 aromatic rings.